The fourth-order valence-corrected chi connectivity index (χ4v) is 6.29. The maximum absolute atomic E-state index is 12.5. The van der Waals surface area contributed by atoms with Crippen LogP contribution in [0.1, 0.15) is 62.4 Å². The minimum Gasteiger partial charge on any atom is -0.877 e. The topological polar surface area (TPSA) is 195 Å². The molecule has 0 spiro atoms. The van der Waals surface area contributed by atoms with Crippen molar-refractivity contribution >= 4 is 69.7 Å². The van der Waals surface area contributed by atoms with E-state index in [-0.39, 0.29) is 158 Å². The van der Waals surface area contributed by atoms with E-state index in [0.29, 0.717) is 52.3 Å². The van der Waals surface area contributed by atoms with Crippen LogP contribution in [0, 0.1) is 18.8 Å². The number of carbonyl (C=O) groups excluding carboxylic acids is 3. The van der Waals surface area contributed by atoms with Crippen LogP contribution in [0.4, 0.5) is 0 Å². The van der Waals surface area contributed by atoms with Crippen LogP contribution in [0.3, 0.4) is 0 Å². The molecule has 232 valence electrons. The van der Waals surface area contributed by atoms with E-state index in [1.165, 1.54) is 6.92 Å². The molecule has 5 rings (SSSR count). The molecule has 5 heterocycles. The molecule has 8 bridgehead atoms. The summed E-state index contributed by atoms with van der Waals surface area (Å²) in [6, 6.07) is 0. The summed E-state index contributed by atoms with van der Waals surface area (Å²) in [7, 11) is 0. The second kappa shape index (κ2) is 18.8. The molecule has 0 saturated carbocycles. The van der Waals surface area contributed by atoms with Gasteiger partial charge in [0.25, 0.3) is 0 Å². The van der Waals surface area contributed by atoms with Gasteiger partial charge < -0.3 is 39.8 Å². The Morgan fingerprint density at radius 3 is 2.18 bits per heavy atom. The van der Waals surface area contributed by atoms with Crippen LogP contribution >= 0.6 is 0 Å². The largest absolute Gasteiger partial charge is 2.00 e. The molecular weight excluding hydrogens is 670 g/mol. The number of carboxylic acid groups (broad SMARTS) is 3. The van der Waals surface area contributed by atoms with Gasteiger partial charge in [-0.05, 0) is 73.1 Å². The number of aliphatic imine (C=N–C) groups is 3. The number of hydrogen-bond donors (Lipinski definition) is 0. The first kappa shape index (κ1) is 45.5. The summed E-state index contributed by atoms with van der Waals surface area (Å²) in [5.41, 5.74) is 4.82. The molecule has 0 unspecified atom stereocenters. The Morgan fingerprint density at radius 2 is 1.63 bits per heavy atom. The third kappa shape index (κ3) is 8.92. The van der Waals surface area contributed by atoms with E-state index in [4.69, 9.17) is 15.0 Å². The molecule has 0 aromatic carbocycles. The van der Waals surface area contributed by atoms with Gasteiger partial charge in [-0.25, -0.2) is 9.98 Å². The number of aliphatic carboxylic acids is 2. The summed E-state index contributed by atoms with van der Waals surface area (Å²) >= 11 is 0. The van der Waals surface area contributed by atoms with Crippen molar-refractivity contribution in [1.29, 1.82) is 0 Å². The first-order valence-corrected chi connectivity index (χ1v) is 14.5. The SMILES string of the molecule is C=CC1=C(C)C2=NC1=CC1=NC(=C(CC)/C1=C\[O-])C=c1[n-]c(c(C(=O)[O-])c1C)=C(CC(=O)[O-])C1=NC(=C2)[C@@H](C)[C@@H]1CCC(=O)[O-].[Mg+2].[Na+].[Na+].[Na+]. The maximum Gasteiger partial charge on any atom is 2.00 e. The van der Waals surface area contributed by atoms with Crippen molar-refractivity contribution in [2.45, 2.75) is 53.4 Å². The first-order chi connectivity index (χ1) is 21.4. The van der Waals surface area contributed by atoms with Crippen LogP contribution in [-0.4, -0.2) is 58.1 Å². The minimum absolute atomic E-state index is 0. The van der Waals surface area contributed by atoms with Crippen molar-refractivity contribution in [3.8, 4) is 0 Å². The number of nitrogens with zero attached hydrogens (tertiary/aromatic N) is 4. The monoisotopic (exact) mass is 698 g/mol. The number of aromatic nitrogens is 1. The van der Waals surface area contributed by atoms with Crippen LogP contribution < -0.4 is 125 Å². The summed E-state index contributed by atoms with van der Waals surface area (Å²) in [4.78, 5) is 55.0. The Balaban J connectivity index is 0.00000300. The molecule has 0 radical (unpaired) electrons. The Kier molecular flexibility index (Phi) is 17.4. The molecular formula is C34H29MgN4Na3O7. The van der Waals surface area contributed by atoms with E-state index in [1.54, 1.807) is 24.3 Å². The van der Waals surface area contributed by atoms with Crippen LogP contribution in [-0.2, 0) is 9.59 Å². The average Bonchev–Trinajstić information content (AvgIpc) is 3.67. The molecule has 4 aliphatic heterocycles. The number of allylic oxidation sites excluding steroid dienone is 8. The first-order valence-electron chi connectivity index (χ1n) is 14.5. The fraction of sp³-hybridized carbons (Fsp3) is 0.294. The smallest absolute Gasteiger partial charge is 0.877 e. The van der Waals surface area contributed by atoms with Crippen molar-refractivity contribution in [2.75, 3.05) is 0 Å². The molecule has 0 aliphatic carbocycles. The molecule has 11 nitrogen and oxygen atoms in total. The van der Waals surface area contributed by atoms with Gasteiger partial charge in [0.2, 0.25) is 0 Å². The van der Waals surface area contributed by atoms with E-state index in [2.05, 4.69) is 11.6 Å². The second-order valence-electron chi connectivity index (χ2n) is 11.2. The Bertz CT molecular complexity index is 1980. The van der Waals surface area contributed by atoms with E-state index in [9.17, 15) is 34.8 Å². The maximum atomic E-state index is 12.5. The molecule has 49 heavy (non-hydrogen) atoms. The third-order valence-electron chi connectivity index (χ3n) is 8.64. The van der Waals surface area contributed by atoms with E-state index < -0.39 is 36.2 Å². The Morgan fingerprint density at radius 1 is 0.959 bits per heavy atom. The number of aromatic carboxylic acids is 1. The minimum atomic E-state index is -1.58. The molecule has 1 aromatic rings. The molecule has 0 amide bonds. The zero-order valence-corrected chi connectivity index (χ0v) is 36.3. The van der Waals surface area contributed by atoms with Gasteiger partial charge in [-0.15, -0.1) is 17.0 Å². The van der Waals surface area contributed by atoms with Crippen LogP contribution in [0.15, 0.2) is 85.4 Å². The molecule has 2 atom stereocenters. The van der Waals surface area contributed by atoms with Gasteiger partial charge in [0.1, 0.15) is 0 Å². The van der Waals surface area contributed by atoms with Gasteiger partial charge in [-0.2, -0.15) is 0 Å². The zero-order chi connectivity index (χ0) is 32.7. The summed E-state index contributed by atoms with van der Waals surface area (Å²) in [5, 5.41) is 48.5. The Hall–Kier alpha value is -1.55. The zero-order valence-electron chi connectivity index (χ0n) is 28.9. The van der Waals surface area contributed by atoms with E-state index >= 15 is 0 Å². The van der Waals surface area contributed by atoms with Gasteiger partial charge in [0.05, 0.1) is 28.8 Å². The number of carbonyl (C=O) groups is 3. The standard InChI is InChI=1S/C34H34N4O7.Mg.3Na/c1-6-18-15(3)23-11-24-16(4)20(8-9-29(40)41)32(37-24)21(10-30(42)43)33-31(34(44)45)17(5)25(38-33)12-27-19(7-2)22(14-39)28(36-27)13-26(18)35-23;;;;/h6,11-14,16,20H,1,7-10H2,2-5H3,(H5,35,36,37,38,39,40,41,42,43,44,45);;;;/q;+2;3*+1/p-5/t16-,20-;;;;/m0..../s1. The molecule has 15 heteroatoms. The number of carboxylic acids is 3. The summed E-state index contributed by atoms with van der Waals surface area (Å²) in [5.74, 6) is -5.40. The number of hydrogen-bond acceptors (Lipinski definition) is 10. The predicted molar refractivity (Wildman–Crippen MR) is 165 cm³/mol. The molecule has 0 saturated heterocycles. The molecule has 4 aliphatic rings. The van der Waals surface area contributed by atoms with Gasteiger partial charge in [0.15, 0.2) is 0 Å². The van der Waals surface area contributed by atoms with Crippen LogP contribution in [0.5, 0.6) is 0 Å². The molecule has 0 fully saturated rings. The van der Waals surface area contributed by atoms with E-state index in [0.717, 1.165) is 11.1 Å². The van der Waals surface area contributed by atoms with Gasteiger partial charge >= 0.3 is 112 Å². The van der Waals surface area contributed by atoms with Crippen molar-refractivity contribution in [3.05, 3.63) is 92.3 Å². The summed E-state index contributed by atoms with van der Waals surface area (Å²) < 4.78 is 0. The van der Waals surface area contributed by atoms with Crippen LogP contribution in [0.25, 0.3) is 11.6 Å². The normalized spacial score (nSPS) is 20.0. The van der Waals surface area contributed by atoms with Gasteiger partial charge in [-0.1, -0.05) is 38.1 Å². The van der Waals surface area contributed by atoms with Crippen molar-refractivity contribution < 1.29 is 123 Å². The van der Waals surface area contributed by atoms with Crippen molar-refractivity contribution in [1.82, 2.24) is 4.98 Å². The quantitative estimate of drug-likeness (QED) is 0.189. The van der Waals surface area contributed by atoms with E-state index in [1.807, 2.05) is 20.8 Å². The van der Waals surface area contributed by atoms with Crippen molar-refractivity contribution in [3.63, 3.8) is 0 Å². The number of rotatable bonds is 8. The summed E-state index contributed by atoms with van der Waals surface area (Å²) in [6.07, 6.45) is 6.76. The summed E-state index contributed by atoms with van der Waals surface area (Å²) in [6.45, 7) is 11.0. The predicted octanol–water partition coefficient (Wildman–Crippen LogP) is -10.6. The molecule has 1 aromatic heterocycles. The third-order valence-corrected chi connectivity index (χ3v) is 8.64. The van der Waals surface area contributed by atoms with Crippen molar-refractivity contribution in [2.24, 2.45) is 26.8 Å². The second-order valence-corrected chi connectivity index (χ2v) is 11.2. The fourth-order valence-electron chi connectivity index (χ4n) is 6.29. The average molecular weight is 699 g/mol. The van der Waals surface area contributed by atoms with Gasteiger partial charge in [0, 0.05) is 47.2 Å². The number of fused-ring (bicyclic) bond motifs is 5. The molecule has 0 N–H and O–H groups in total. The Labute approximate surface area is 366 Å². The van der Waals surface area contributed by atoms with Gasteiger partial charge in [-0.3, -0.25) is 4.99 Å². The van der Waals surface area contributed by atoms with Crippen LogP contribution in [0.2, 0.25) is 0 Å².